The lowest BCUT2D eigenvalue weighted by Gasteiger charge is -2.26. The molecule has 0 fully saturated rings. The lowest BCUT2D eigenvalue weighted by atomic mass is 10.1. The summed E-state index contributed by atoms with van der Waals surface area (Å²) in [6.07, 6.45) is 0. The Labute approximate surface area is 144 Å². The summed E-state index contributed by atoms with van der Waals surface area (Å²) in [6, 6.07) is 15.4. The van der Waals surface area contributed by atoms with Crippen molar-refractivity contribution in [3.05, 3.63) is 58.6 Å². The van der Waals surface area contributed by atoms with E-state index in [4.69, 9.17) is 4.74 Å². The van der Waals surface area contributed by atoms with Gasteiger partial charge in [-0.2, -0.15) is 0 Å². The van der Waals surface area contributed by atoms with Crippen LogP contribution in [0.4, 0.5) is 5.69 Å². The highest BCUT2D eigenvalue weighted by Crippen LogP contribution is 2.24. The molecule has 0 aromatic heterocycles. The maximum Gasteiger partial charge on any atom is 0.241 e. The van der Waals surface area contributed by atoms with Crippen LogP contribution in [0, 0.1) is 0 Å². The van der Waals surface area contributed by atoms with Crippen LogP contribution in [-0.4, -0.2) is 30.0 Å². The van der Waals surface area contributed by atoms with E-state index in [1.807, 2.05) is 55.5 Å². The van der Waals surface area contributed by atoms with Crippen LogP contribution in [0.25, 0.3) is 0 Å². The Bertz CT molecular complexity index is 688. The number of halogens is 1. The molecule has 1 aliphatic heterocycles. The van der Waals surface area contributed by atoms with Gasteiger partial charge in [-0.1, -0.05) is 34.1 Å². The number of rotatable bonds is 3. The summed E-state index contributed by atoms with van der Waals surface area (Å²) in [7, 11) is 0. The first kappa shape index (κ1) is 16.0. The van der Waals surface area contributed by atoms with E-state index in [1.54, 1.807) is 0 Å². The highest BCUT2D eigenvalue weighted by atomic mass is 79.9. The summed E-state index contributed by atoms with van der Waals surface area (Å²) in [4.78, 5) is 14.7. The van der Waals surface area contributed by atoms with Crippen molar-refractivity contribution < 1.29 is 9.53 Å². The standard InChI is InChI=1S/C18H19BrN2O2/c1-13(18(22)20-16-8-6-15(19)7-9-16)21-10-11-23-17-5-3-2-4-14(17)12-21/h2-9,13H,10-12H2,1H3,(H,20,22). The van der Waals surface area contributed by atoms with E-state index >= 15 is 0 Å². The third kappa shape index (κ3) is 3.92. The molecule has 2 aromatic carbocycles. The summed E-state index contributed by atoms with van der Waals surface area (Å²) in [5.41, 5.74) is 1.92. The number of fused-ring (bicyclic) bond motifs is 1. The number of amides is 1. The van der Waals surface area contributed by atoms with Crippen molar-refractivity contribution in [2.45, 2.75) is 19.5 Å². The third-order valence-corrected chi connectivity index (χ3v) is 4.55. The summed E-state index contributed by atoms with van der Waals surface area (Å²) in [5.74, 6) is 0.905. The third-order valence-electron chi connectivity index (χ3n) is 4.02. The zero-order valence-corrected chi connectivity index (χ0v) is 14.5. The molecule has 1 heterocycles. The summed E-state index contributed by atoms with van der Waals surface area (Å²) in [5, 5.41) is 2.97. The van der Waals surface area contributed by atoms with Gasteiger partial charge in [-0.3, -0.25) is 9.69 Å². The fourth-order valence-electron chi connectivity index (χ4n) is 2.62. The molecular formula is C18H19BrN2O2. The smallest absolute Gasteiger partial charge is 0.241 e. The number of anilines is 1. The van der Waals surface area contributed by atoms with E-state index in [9.17, 15) is 4.79 Å². The Morgan fingerprint density at radius 2 is 1.96 bits per heavy atom. The van der Waals surface area contributed by atoms with Crippen LogP contribution in [0.3, 0.4) is 0 Å². The van der Waals surface area contributed by atoms with E-state index in [0.29, 0.717) is 13.2 Å². The second-order valence-electron chi connectivity index (χ2n) is 5.60. The summed E-state index contributed by atoms with van der Waals surface area (Å²) in [6.45, 7) is 3.96. The molecule has 1 N–H and O–H groups in total. The molecule has 0 radical (unpaired) electrons. The lowest BCUT2D eigenvalue weighted by molar-refractivity contribution is -0.121. The van der Waals surface area contributed by atoms with Gasteiger partial charge in [-0.25, -0.2) is 0 Å². The molecule has 1 unspecified atom stereocenters. The van der Waals surface area contributed by atoms with Crippen LogP contribution in [0.15, 0.2) is 53.0 Å². The number of ether oxygens (including phenoxy) is 1. The summed E-state index contributed by atoms with van der Waals surface area (Å²) < 4.78 is 6.75. The predicted octanol–water partition coefficient (Wildman–Crippen LogP) is 3.67. The van der Waals surface area contributed by atoms with Crippen molar-refractivity contribution in [2.24, 2.45) is 0 Å². The molecule has 23 heavy (non-hydrogen) atoms. The Morgan fingerprint density at radius 1 is 1.22 bits per heavy atom. The minimum atomic E-state index is -0.228. The van der Waals surface area contributed by atoms with Gasteiger partial charge < -0.3 is 10.1 Å². The summed E-state index contributed by atoms with van der Waals surface area (Å²) >= 11 is 3.39. The molecule has 5 heteroatoms. The Kier molecular flexibility index (Phi) is 4.98. The highest BCUT2D eigenvalue weighted by Gasteiger charge is 2.24. The Morgan fingerprint density at radius 3 is 2.74 bits per heavy atom. The monoisotopic (exact) mass is 374 g/mol. The molecule has 3 rings (SSSR count). The molecule has 0 spiro atoms. The van der Waals surface area contributed by atoms with Gasteiger partial charge in [0.25, 0.3) is 0 Å². The van der Waals surface area contributed by atoms with Gasteiger partial charge in [0.2, 0.25) is 5.91 Å². The predicted molar refractivity (Wildman–Crippen MR) is 94.6 cm³/mol. The van der Waals surface area contributed by atoms with Crippen LogP contribution >= 0.6 is 15.9 Å². The van der Waals surface area contributed by atoms with E-state index < -0.39 is 0 Å². The average Bonchev–Trinajstić information content (AvgIpc) is 2.78. The van der Waals surface area contributed by atoms with Crippen LogP contribution < -0.4 is 10.1 Å². The van der Waals surface area contributed by atoms with Gasteiger partial charge in [0.1, 0.15) is 12.4 Å². The minimum Gasteiger partial charge on any atom is -0.492 e. The van der Waals surface area contributed by atoms with E-state index in [0.717, 1.165) is 28.0 Å². The number of benzene rings is 2. The number of nitrogens with one attached hydrogen (secondary N) is 1. The molecule has 2 aromatic rings. The zero-order valence-electron chi connectivity index (χ0n) is 13.0. The number of hydrogen-bond donors (Lipinski definition) is 1. The molecule has 0 bridgehead atoms. The first-order chi connectivity index (χ1) is 11.1. The van der Waals surface area contributed by atoms with Gasteiger partial charge in [-0.15, -0.1) is 0 Å². The quantitative estimate of drug-likeness (QED) is 0.890. The van der Waals surface area contributed by atoms with E-state index in [2.05, 4.69) is 26.1 Å². The van der Waals surface area contributed by atoms with Crippen LogP contribution in [0.2, 0.25) is 0 Å². The lowest BCUT2D eigenvalue weighted by Crippen LogP contribution is -2.42. The fraction of sp³-hybridized carbons (Fsp3) is 0.278. The molecule has 1 amide bonds. The van der Waals surface area contributed by atoms with Crippen molar-refractivity contribution in [3.63, 3.8) is 0 Å². The zero-order chi connectivity index (χ0) is 16.2. The molecular weight excluding hydrogens is 356 g/mol. The van der Waals surface area contributed by atoms with Crippen molar-refractivity contribution in [2.75, 3.05) is 18.5 Å². The van der Waals surface area contributed by atoms with E-state index in [-0.39, 0.29) is 11.9 Å². The molecule has 0 saturated carbocycles. The first-order valence-corrected chi connectivity index (χ1v) is 8.44. The maximum absolute atomic E-state index is 12.5. The largest absolute Gasteiger partial charge is 0.492 e. The van der Waals surface area contributed by atoms with Crippen molar-refractivity contribution in [3.8, 4) is 5.75 Å². The van der Waals surface area contributed by atoms with Gasteiger partial charge in [0.05, 0.1) is 6.04 Å². The van der Waals surface area contributed by atoms with Crippen molar-refractivity contribution in [1.82, 2.24) is 4.90 Å². The topological polar surface area (TPSA) is 41.6 Å². The minimum absolute atomic E-state index is 0.00768. The number of hydrogen-bond acceptors (Lipinski definition) is 3. The van der Waals surface area contributed by atoms with Gasteiger partial charge in [0.15, 0.2) is 0 Å². The first-order valence-electron chi connectivity index (χ1n) is 7.64. The number of carbonyl (C=O) groups excluding carboxylic acids is 1. The number of nitrogens with zero attached hydrogens (tertiary/aromatic N) is 1. The molecule has 120 valence electrons. The van der Waals surface area contributed by atoms with Crippen molar-refractivity contribution in [1.29, 1.82) is 0 Å². The number of para-hydroxylation sites is 1. The number of carbonyl (C=O) groups is 1. The second kappa shape index (κ2) is 7.15. The second-order valence-corrected chi connectivity index (χ2v) is 6.51. The maximum atomic E-state index is 12.5. The molecule has 0 saturated heterocycles. The Hall–Kier alpha value is -1.85. The normalized spacial score (nSPS) is 15.9. The van der Waals surface area contributed by atoms with Crippen molar-refractivity contribution >= 4 is 27.5 Å². The van der Waals surface area contributed by atoms with Crippen LogP contribution in [0.1, 0.15) is 12.5 Å². The molecule has 0 aliphatic carbocycles. The fourth-order valence-corrected chi connectivity index (χ4v) is 2.89. The highest BCUT2D eigenvalue weighted by molar-refractivity contribution is 9.10. The van der Waals surface area contributed by atoms with Gasteiger partial charge in [-0.05, 0) is 37.3 Å². The SMILES string of the molecule is CC(C(=O)Nc1ccc(Br)cc1)N1CCOc2ccccc2C1. The van der Waals surface area contributed by atoms with Gasteiger partial charge in [0, 0.05) is 28.8 Å². The van der Waals surface area contributed by atoms with Crippen LogP contribution in [0.5, 0.6) is 5.75 Å². The van der Waals surface area contributed by atoms with Gasteiger partial charge >= 0.3 is 0 Å². The van der Waals surface area contributed by atoms with Crippen LogP contribution in [-0.2, 0) is 11.3 Å². The average molecular weight is 375 g/mol. The van der Waals surface area contributed by atoms with E-state index in [1.165, 1.54) is 0 Å². The molecule has 4 nitrogen and oxygen atoms in total. The molecule has 1 atom stereocenters. The molecule has 1 aliphatic rings. The Balaban J connectivity index is 1.68.